The zero-order valence-electron chi connectivity index (χ0n) is 15.1. The van der Waals surface area contributed by atoms with Gasteiger partial charge in [0.05, 0.1) is 0 Å². The third-order valence-electron chi connectivity index (χ3n) is 4.90. The van der Waals surface area contributed by atoms with Crippen LogP contribution in [0.3, 0.4) is 0 Å². The van der Waals surface area contributed by atoms with Crippen LogP contribution < -0.4 is 5.56 Å². The van der Waals surface area contributed by atoms with Gasteiger partial charge in [-0.15, -0.1) is 0 Å². The van der Waals surface area contributed by atoms with Crippen molar-refractivity contribution in [3.8, 4) is 0 Å². The second-order valence-corrected chi connectivity index (χ2v) is 6.49. The number of aromatic nitrogens is 2. The van der Waals surface area contributed by atoms with Gasteiger partial charge in [0.1, 0.15) is 5.56 Å². The third-order valence-corrected chi connectivity index (χ3v) is 4.90. The summed E-state index contributed by atoms with van der Waals surface area (Å²) in [6.07, 6.45) is 2.03. The van der Waals surface area contributed by atoms with Gasteiger partial charge in [-0.05, 0) is 43.0 Å². The van der Waals surface area contributed by atoms with Gasteiger partial charge in [0.25, 0.3) is 11.5 Å². The molecule has 0 aliphatic rings. The molecule has 0 spiro atoms. The first-order valence-electron chi connectivity index (χ1n) is 8.36. The molecule has 130 valence electrons. The molecule has 25 heavy (non-hydrogen) atoms. The summed E-state index contributed by atoms with van der Waals surface area (Å²) >= 11 is 0. The van der Waals surface area contributed by atoms with Crippen molar-refractivity contribution in [2.24, 2.45) is 7.05 Å². The molecule has 2 aromatic heterocycles. The third kappa shape index (κ3) is 3.09. The van der Waals surface area contributed by atoms with Crippen LogP contribution >= 0.6 is 0 Å². The molecule has 5 heteroatoms. The molecule has 0 saturated carbocycles. The number of pyridine rings is 1. The Hall–Kier alpha value is -2.82. The Morgan fingerprint density at radius 3 is 2.64 bits per heavy atom. The van der Waals surface area contributed by atoms with Gasteiger partial charge in [0.15, 0.2) is 0 Å². The molecule has 0 atom stereocenters. The van der Waals surface area contributed by atoms with Crippen molar-refractivity contribution < 1.29 is 4.79 Å². The Morgan fingerprint density at radius 1 is 1.16 bits per heavy atom. The highest BCUT2D eigenvalue weighted by atomic mass is 16.2. The number of aryl methyl sites for hydroxylation is 1. The van der Waals surface area contributed by atoms with E-state index in [0.29, 0.717) is 13.1 Å². The van der Waals surface area contributed by atoms with E-state index >= 15 is 0 Å². The molecular weight excluding hydrogens is 314 g/mol. The smallest absolute Gasteiger partial charge is 0.263 e. The molecule has 0 unspecified atom stereocenters. The van der Waals surface area contributed by atoms with Crippen LogP contribution in [-0.2, 0) is 13.6 Å². The first-order valence-corrected chi connectivity index (χ1v) is 8.36. The summed E-state index contributed by atoms with van der Waals surface area (Å²) in [6, 6.07) is 11.9. The first kappa shape index (κ1) is 17.0. The number of rotatable bonds is 4. The fourth-order valence-corrected chi connectivity index (χ4v) is 3.03. The molecule has 2 heterocycles. The number of benzene rings is 1. The molecule has 1 aromatic carbocycles. The van der Waals surface area contributed by atoms with E-state index in [1.54, 1.807) is 25.1 Å². The number of para-hydroxylation sites is 1. The van der Waals surface area contributed by atoms with Gasteiger partial charge in [0.2, 0.25) is 0 Å². The number of hydrogen-bond donors (Lipinski definition) is 0. The van der Waals surface area contributed by atoms with Crippen LogP contribution in [0.2, 0.25) is 0 Å². The van der Waals surface area contributed by atoms with E-state index in [2.05, 4.69) is 22.8 Å². The van der Waals surface area contributed by atoms with E-state index in [0.717, 1.165) is 16.8 Å². The van der Waals surface area contributed by atoms with E-state index in [4.69, 9.17) is 0 Å². The Morgan fingerprint density at radius 2 is 1.88 bits per heavy atom. The first-order chi connectivity index (χ1) is 11.9. The summed E-state index contributed by atoms with van der Waals surface area (Å²) in [5.41, 5.74) is 2.94. The zero-order chi connectivity index (χ0) is 18.1. The quantitative estimate of drug-likeness (QED) is 0.735. The Labute approximate surface area is 147 Å². The highest BCUT2D eigenvalue weighted by molar-refractivity contribution is 5.94. The number of fused-ring (bicyclic) bond motifs is 1. The standard InChI is InChI=1S/C20H23N3O2/c1-14-13-17(20(25)22(4)15(14)2)19(24)21(3)11-12-23-10-9-16-7-5-6-8-18(16)23/h5-10,13H,11-12H2,1-4H3. The van der Waals surface area contributed by atoms with Gasteiger partial charge in [0, 0.05) is 44.6 Å². The number of amides is 1. The van der Waals surface area contributed by atoms with Crippen molar-refractivity contribution >= 4 is 16.8 Å². The van der Waals surface area contributed by atoms with Crippen LogP contribution in [0.15, 0.2) is 47.4 Å². The number of carbonyl (C=O) groups is 1. The van der Waals surface area contributed by atoms with E-state index in [1.807, 2.05) is 32.2 Å². The van der Waals surface area contributed by atoms with Crippen molar-refractivity contribution in [2.45, 2.75) is 20.4 Å². The summed E-state index contributed by atoms with van der Waals surface area (Å²) in [7, 11) is 3.44. The maximum absolute atomic E-state index is 12.7. The van der Waals surface area contributed by atoms with E-state index in [9.17, 15) is 9.59 Å². The molecule has 0 saturated heterocycles. The lowest BCUT2D eigenvalue weighted by Gasteiger charge is -2.19. The van der Waals surface area contributed by atoms with E-state index in [1.165, 1.54) is 9.95 Å². The summed E-state index contributed by atoms with van der Waals surface area (Å²) in [4.78, 5) is 26.7. The summed E-state index contributed by atoms with van der Waals surface area (Å²) in [5, 5.41) is 1.18. The lowest BCUT2D eigenvalue weighted by Crippen LogP contribution is -2.36. The van der Waals surface area contributed by atoms with Crippen molar-refractivity contribution in [1.29, 1.82) is 0 Å². The molecule has 3 aromatic rings. The van der Waals surface area contributed by atoms with Gasteiger partial charge in [-0.1, -0.05) is 18.2 Å². The van der Waals surface area contributed by atoms with E-state index in [-0.39, 0.29) is 17.0 Å². The molecular formula is C20H23N3O2. The number of nitrogens with zero attached hydrogens (tertiary/aromatic N) is 3. The highest BCUT2D eigenvalue weighted by Gasteiger charge is 2.18. The fraction of sp³-hybridized carbons (Fsp3) is 0.300. The summed E-state index contributed by atoms with van der Waals surface area (Å²) < 4.78 is 3.66. The summed E-state index contributed by atoms with van der Waals surface area (Å²) in [5.74, 6) is -0.236. The fourth-order valence-electron chi connectivity index (χ4n) is 3.03. The second kappa shape index (κ2) is 6.59. The van der Waals surface area contributed by atoms with Crippen molar-refractivity contribution in [3.05, 3.63) is 69.8 Å². The van der Waals surface area contributed by atoms with Crippen molar-refractivity contribution in [1.82, 2.24) is 14.0 Å². The molecule has 3 rings (SSSR count). The van der Waals surface area contributed by atoms with Crippen LogP contribution in [0.25, 0.3) is 10.9 Å². The largest absolute Gasteiger partial charge is 0.346 e. The van der Waals surface area contributed by atoms with Crippen molar-refractivity contribution in [2.75, 3.05) is 13.6 Å². The monoisotopic (exact) mass is 337 g/mol. The zero-order valence-corrected chi connectivity index (χ0v) is 15.1. The van der Waals surface area contributed by atoms with Gasteiger partial charge >= 0.3 is 0 Å². The minimum atomic E-state index is -0.244. The lowest BCUT2D eigenvalue weighted by molar-refractivity contribution is 0.0788. The number of likely N-dealkylation sites (N-methyl/N-ethyl adjacent to an activating group) is 1. The van der Waals surface area contributed by atoms with E-state index < -0.39 is 0 Å². The van der Waals surface area contributed by atoms with Crippen LogP contribution in [0.4, 0.5) is 0 Å². The Kier molecular flexibility index (Phi) is 4.49. The average Bonchev–Trinajstić information content (AvgIpc) is 3.03. The molecule has 0 fully saturated rings. The molecule has 0 aliphatic heterocycles. The minimum Gasteiger partial charge on any atom is -0.346 e. The maximum atomic E-state index is 12.7. The Balaban J connectivity index is 1.79. The summed E-state index contributed by atoms with van der Waals surface area (Å²) in [6.45, 7) is 5.01. The van der Waals surface area contributed by atoms with Crippen LogP contribution in [0.1, 0.15) is 21.6 Å². The predicted octanol–water partition coefficient (Wildman–Crippen LogP) is 2.73. The molecule has 0 bridgehead atoms. The van der Waals surface area contributed by atoms with Crippen LogP contribution in [0.5, 0.6) is 0 Å². The number of hydrogen-bond acceptors (Lipinski definition) is 2. The highest BCUT2D eigenvalue weighted by Crippen LogP contribution is 2.15. The molecule has 0 N–H and O–H groups in total. The lowest BCUT2D eigenvalue weighted by atomic mass is 10.1. The molecule has 0 radical (unpaired) electrons. The van der Waals surface area contributed by atoms with Crippen molar-refractivity contribution in [3.63, 3.8) is 0 Å². The molecule has 5 nitrogen and oxygen atoms in total. The van der Waals surface area contributed by atoms with Crippen LogP contribution in [0, 0.1) is 13.8 Å². The topological polar surface area (TPSA) is 47.2 Å². The van der Waals surface area contributed by atoms with Gasteiger partial charge < -0.3 is 14.0 Å². The van der Waals surface area contributed by atoms with Crippen LogP contribution in [-0.4, -0.2) is 33.5 Å². The number of carbonyl (C=O) groups excluding carboxylic acids is 1. The molecule has 1 amide bonds. The Bertz CT molecular complexity index is 998. The molecule has 0 aliphatic carbocycles. The van der Waals surface area contributed by atoms with Gasteiger partial charge in [-0.3, -0.25) is 9.59 Å². The average molecular weight is 337 g/mol. The predicted molar refractivity (Wildman–Crippen MR) is 100 cm³/mol. The minimum absolute atomic E-state index is 0.227. The normalized spacial score (nSPS) is 11.0. The van der Waals surface area contributed by atoms with Gasteiger partial charge in [-0.25, -0.2) is 0 Å². The van der Waals surface area contributed by atoms with Gasteiger partial charge in [-0.2, -0.15) is 0 Å². The second-order valence-electron chi connectivity index (χ2n) is 6.49. The maximum Gasteiger partial charge on any atom is 0.263 e. The SMILES string of the molecule is Cc1cc(C(=O)N(C)CCn2ccc3ccccc32)c(=O)n(C)c1C.